The van der Waals surface area contributed by atoms with Crippen LogP contribution in [0.25, 0.3) is 10.9 Å². The number of aryl methyl sites for hydroxylation is 1. The van der Waals surface area contributed by atoms with Gasteiger partial charge in [0.1, 0.15) is 27.6 Å². The van der Waals surface area contributed by atoms with Gasteiger partial charge in [-0.15, -0.1) is 21.5 Å². The van der Waals surface area contributed by atoms with Crippen LogP contribution in [0.15, 0.2) is 53.6 Å². The molecule has 0 radical (unpaired) electrons. The van der Waals surface area contributed by atoms with Gasteiger partial charge in [-0.25, -0.2) is 12.8 Å². The standard InChI is InChI=1S/C24H23FN4O3S2.H2/c1-3-22-26-27-23(33-22)14-34(31,32)18-8-7-16-12-28(13-17(16)11-18)24(30)15(2)29-10-9-19-20(25)5-4-6-21(19)29;/h4-11,15H,3,12-14H2,1-2H3;1H/t15-;/m1./s1. The van der Waals surface area contributed by atoms with Gasteiger partial charge in [0, 0.05) is 26.1 Å². The van der Waals surface area contributed by atoms with E-state index in [-0.39, 0.29) is 23.8 Å². The Balaban J connectivity index is 0.00000289. The molecule has 2 aromatic heterocycles. The number of aromatic nitrogens is 3. The Bertz CT molecular complexity index is 1520. The van der Waals surface area contributed by atoms with E-state index in [9.17, 15) is 17.6 Å². The molecule has 1 amide bonds. The van der Waals surface area contributed by atoms with Gasteiger partial charge in [0.2, 0.25) is 5.91 Å². The molecule has 34 heavy (non-hydrogen) atoms. The third kappa shape index (κ3) is 4.01. The molecular formula is C24H25FN4O3S2. The van der Waals surface area contributed by atoms with Crippen LogP contribution in [0.4, 0.5) is 4.39 Å². The molecule has 7 nitrogen and oxygen atoms in total. The van der Waals surface area contributed by atoms with Crippen molar-refractivity contribution in [2.45, 2.75) is 50.0 Å². The second-order valence-electron chi connectivity index (χ2n) is 8.40. The first-order chi connectivity index (χ1) is 16.3. The second kappa shape index (κ2) is 8.59. The highest BCUT2D eigenvalue weighted by atomic mass is 32.2. The molecule has 10 heteroatoms. The molecule has 0 aliphatic carbocycles. The summed E-state index contributed by atoms with van der Waals surface area (Å²) in [6.45, 7) is 4.47. The van der Waals surface area contributed by atoms with Crippen molar-refractivity contribution in [1.29, 1.82) is 0 Å². The number of amides is 1. The lowest BCUT2D eigenvalue weighted by atomic mass is 10.1. The van der Waals surface area contributed by atoms with Crippen LogP contribution < -0.4 is 0 Å². The topological polar surface area (TPSA) is 85.2 Å². The minimum absolute atomic E-state index is 0. The lowest BCUT2D eigenvalue weighted by molar-refractivity contribution is -0.134. The molecule has 1 aliphatic heterocycles. The fourth-order valence-corrected chi connectivity index (χ4v) is 6.75. The minimum Gasteiger partial charge on any atom is -0.335 e. The molecular weight excluding hydrogens is 475 g/mol. The van der Waals surface area contributed by atoms with E-state index >= 15 is 0 Å². The summed E-state index contributed by atoms with van der Waals surface area (Å²) in [7, 11) is -3.58. The summed E-state index contributed by atoms with van der Waals surface area (Å²) < 4.78 is 41.7. The minimum atomic E-state index is -3.58. The monoisotopic (exact) mass is 500 g/mol. The van der Waals surface area contributed by atoms with Gasteiger partial charge in [0.25, 0.3) is 0 Å². The number of hydrogen-bond acceptors (Lipinski definition) is 6. The molecule has 0 saturated carbocycles. The van der Waals surface area contributed by atoms with Crippen LogP contribution in [0, 0.1) is 5.82 Å². The van der Waals surface area contributed by atoms with Crippen molar-refractivity contribution < 1.29 is 19.0 Å². The molecule has 0 bridgehead atoms. The molecule has 0 N–H and O–H groups in total. The zero-order valence-electron chi connectivity index (χ0n) is 18.7. The smallest absolute Gasteiger partial charge is 0.245 e. The Hall–Kier alpha value is -3.11. The van der Waals surface area contributed by atoms with E-state index in [1.165, 1.54) is 17.4 Å². The predicted molar refractivity (Wildman–Crippen MR) is 130 cm³/mol. The lowest BCUT2D eigenvalue weighted by Gasteiger charge is -2.22. The van der Waals surface area contributed by atoms with Crippen molar-refractivity contribution in [2.75, 3.05) is 0 Å². The summed E-state index contributed by atoms with van der Waals surface area (Å²) in [5.41, 5.74) is 2.40. The maximum Gasteiger partial charge on any atom is 0.245 e. The van der Waals surface area contributed by atoms with E-state index in [2.05, 4.69) is 10.2 Å². The summed E-state index contributed by atoms with van der Waals surface area (Å²) in [6, 6.07) is 11.0. The maximum atomic E-state index is 14.1. The zero-order valence-corrected chi connectivity index (χ0v) is 20.4. The Labute approximate surface area is 202 Å². The number of benzene rings is 2. The Morgan fingerprint density at radius 1 is 1.15 bits per heavy atom. The molecule has 0 fully saturated rings. The summed E-state index contributed by atoms with van der Waals surface area (Å²) in [5.74, 6) is -0.624. The van der Waals surface area contributed by atoms with Crippen LogP contribution in [0.2, 0.25) is 0 Å². The largest absolute Gasteiger partial charge is 0.335 e. The number of halogens is 1. The first kappa shape index (κ1) is 22.7. The highest BCUT2D eigenvalue weighted by Crippen LogP contribution is 2.30. The fourth-order valence-electron chi connectivity index (χ4n) is 4.33. The van der Waals surface area contributed by atoms with Crippen LogP contribution in [0.3, 0.4) is 0 Å². The summed E-state index contributed by atoms with van der Waals surface area (Å²) in [5, 5.41) is 9.74. The number of carbonyl (C=O) groups is 1. The van der Waals surface area contributed by atoms with E-state index in [1.54, 1.807) is 59.0 Å². The molecule has 5 rings (SSSR count). The van der Waals surface area contributed by atoms with Gasteiger partial charge < -0.3 is 9.47 Å². The number of carbonyl (C=O) groups excluding carboxylic acids is 1. The molecule has 2 aromatic carbocycles. The number of sulfone groups is 1. The first-order valence-corrected chi connectivity index (χ1v) is 13.4. The summed E-state index contributed by atoms with van der Waals surface area (Å²) in [4.78, 5) is 15.2. The Morgan fingerprint density at radius 2 is 1.91 bits per heavy atom. The molecule has 3 heterocycles. The van der Waals surface area contributed by atoms with Crippen molar-refractivity contribution in [3.05, 3.63) is 75.6 Å². The van der Waals surface area contributed by atoms with Crippen LogP contribution in [0.5, 0.6) is 0 Å². The van der Waals surface area contributed by atoms with Crippen molar-refractivity contribution in [3.63, 3.8) is 0 Å². The average molecular weight is 501 g/mol. The molecule has 1 atom stereocenters. The Kier molecular flexibility index (Phi) is 5.73. The number of hydrogen-bond donors (Lipinski definition) is 0. The number of rotatable bonds is 6. The highest BCUT2D eigenvalue weighted by Gasteiger charge is 2.30. The zero-order chi connectivity index (χ0) is 24.0. The SMILES string of the molecule is CCc1nnc(CS(=O)(=O)c2ccc3c(c2)CN(C(=O)[C@@H](C)n2ccc4c(F)cccc42)C3)s1.[HH]. The van der Waals surface area contributed by atoms with E-state index in [4.69, 9.17) is 0 Å². The number of nitrogens with zero attached hydrogens (tertiary/aromatic N) is 4. The molecule has 0 spiro atoms. The van der Waals surface area contributed by atoms with E-state index in [0.717, 1.165) is 16.1 Å². The van der Waals surface area contributed by atoms with Gasteiger partial charge >= 0.3 is 0 Å². The van der Waals surface area contributed by atoms with Crippen molar-refractivity contribution in [2.24, 2.45) is 0 Å². The lowest BCUT2D eigenvalue weighted by Crippen LogP contribution is -2.32. The summed E-state index contributed by atoms with van der Waals surface area (Å²) in [6.07, 6.45) is 2.44. The number of fused-ring (bicyclic) bond motifs is 2. The highest BCUT2D eigenvalue weighted by molar-refractivity contribution is 7.90. The van der Waals surface area contributed by atoms with E-state index in [0.29, 0.717) is 35.4 Å². The molecule has 0 unspecified atom stereocenters. The van der Waals surface area contributed by atoms with Gasteiger partial charge in [-0.05, 0) is 54.8 Å². The van der Waals surface area contributed by atoms with Gasteiger partial charge in [0.15, 0.2) is 9.84 Å². The van der Waals surface area contributed by atoms with Crippen LogP contribution >= 0.6 is 11.3 Å². The van der Waals surface area contributed by atoms with Crippen LogP contribution in [-0.2, 0) is 39.9 Å². The first-order valence-electron chi connectivity index (χ1n) is 11.0. The quantitative estimate of drug-likeness (QED) is 0.389. The van der Waals surface area contributed by atoms with E-state index in [1.807, 2.05) is 6.92 Å². The molecule has 1 aliphatic rings. The van der Waals surface area contributed by atoms with Gasteiger partial charge in [-0.3, -0.25) is 4.79 Å². The van der Waals surface area contributed by atoms with Gasteiger partial charge in [-0.2, -0.15) is 0 Å². The van der Waals surface area contributed by atoms with E-state index < -0.39 is 15.9 Å². The second-order valence-corrected chi connectivity index (χ2v) is 11.5. The molecule has 0 saturated heterocycles. The normalized spacial score (nSPS) is 14.5. The maximum absolute atomic E-state index is 14.1. The molecule has 4 aromatic rings. The van der Waals surface area contributed by atoms with Crippen molar-refractivity contribution >= 4 is 38.0 Å². The summed E-state index contributed by atoms with van der Waals surface area (Å²) >= 11 is 1.31. The van der Waals surface area contributed by atoms with Gasteiger partial charge in [-0.1, -0.05) is 19.1 Å². The average Bonchev–Trinajstić information content (AvgIpc) is 3.55. The van der Waals surface area contributed by atoms with Crippen LogP contribution in [0.1, 0.15) is 42.5 Å². The third-order valence-corrected chi connectivity index (χ3v) is 9.06. The fraction of sp³-hybridized carbons (Fsp3) is 0.292. The predicted octanol–water partition coefficient (Wildman–Crippen LogP) is 4.52. The Morgan fingerprint density at radius 3 is 2.68 bits per heavy atom. The van der Waals surface area contributed by atoms with Gasteiger partial charge in [0.05, 0.1) is 10.4 Å². The third-order valence-electron chi connectivity index (χ3n) is 6.18. The van der Waals surface area contributed by atoms with Crippen LogP contribution in [-0.4, -0.2) is 34.0 Å². The van der Waals surface area contributed by atoms with Crippen molar-refractivity contribution in [1.82, 2.24) is 19.7 Å². The van der Waals surface area contributed by atoms with Crippen molar-refractivity contribution in [3.8, 4) is 0 Å². The molecule has 178 valence electrons.